The van der Waals surface area contributed by atoms with Crippen molar-refractivity contribution in [2.24, 2.45) is 0 Å². The Hall–Kier alpha value is -3.95. The molecule has 10 heteroatoms. The van der Waals surface area contributed by atoms with Crippen molar-refractivity contribution in [1.29, 1.82) is 0 Å². The Kier molecular flexibility index (Phi) is 6.19. The van der Waals surface area contributed by atoms with E-state index in [-0.39, 0.29) is 30.0 Å². The average molecular weight is 425 g/mol. The van der Waals surface area contributed by atoms with Crippen LogP contribution < -0.4 is 11.1 Å². The number of nitrogens with zero attached hydrogens (tertiary/aromatic N) is 2. The molecule has 2 heterocycles. The van der Waals surface area contributed by atoms with E-state index in [9.17, 15) is 19.5 Å². The van der Waals surface area contributed by atoms with Crippen LogP contribution in [-0.2, 0) is 9.59 Å². The van der Waals surface area contributed by atoms with E-state index in [2.05, 4.69) is 20.3 Å². The van der Waals surface area contributed by atoms with Crippen molar-refractivity contribution < 1.29 is 24.6 Å². The number of hydrogen-bond donors (Lipinski definition) is 5. The van der Waals surface area contributed by atoms with Gasteiger partial charge in [-0.15, -0.1) is 0 Å². The van der Waals surface area contributed by atoms with Crippen molar-refractivity contribution in [3.8, 4) is 0 Å². The van der Waals surface area contributed by atoms with E-state index in [0.717, 1.165) is 22.1 Å². The standard InChI is InChI=1S/C21H23N5O5/c1-10-3-4-12(20(29)26-15(21(30)31)5-6-16(27)28)18(22)17(10)11(2)13-8-24-19-14(13)7-23-9-25-19/h3-4,7-9,11,15H,5-6,22H2,1-2H3,(H,26,29)(H,27,28)(H,30,31)(H,23,24,25)/t11?,15-/m0/s1. The summed E-state index contributed by atoms with van der Waals surface area (Å²) in [4.78, 5) is 46.3. The van der Waals surface area contributed by atoms with Crippen LogP contribution in [0.3, 0.4) is 0 Å². The van der Waals surface area contributed by atoms with Gasteiger partial charge in [-0.05, 0) is 36.1 Å². The van der Waals surface area contributed by atoms with Crippen molar-refractivity contribution in [2.45, 2.75) is 38.6 Å². The minimum atomic E-state index is -1.34. The minimum absolute atomic E-state index is 0.130. The lowest BCUT2D eigenvalue weighted by Crippen LogP contribution is -2.41. The van der Waals surface area contributed by atoms with Crippen LogP contribution in [0.25, 0.3) is 11.0 Å². The van der Waals surface area contributed by atoms with Crippen LogP contribution in [0.1, 0.15) is 52.7 Å². The number of amides is 1. The fourth-order valence-corrected chi connectivity index (χ4v) is 3.67. The molecule has 162 valence electrons. The molecule has 31 heavy (non-hydrogen) atoms. The molecule has 0 aliphatic carbocycles. The highest BCUT2D eigenvalue weighted by Crippen LogP contribution is 2.36. The second kappa shape index (κ2) is 8.82. The molecule has 3 rings (SSSR count). The Balaban J connectivity index is 1.93. The molecule has 0 aliphatic rings. The van der Waals surface area contributed by atoms with Crippen molar-refractivity contribution in [3.05, 3.63) is 53.1 Å². The van der Waals surface area contributed by atoms with Gasteiger partial charge in [0, 0.05) is 35.8 Å². The topological polar surface area (TPSA) is 171 Å². The van der Waals surface area contributed by atoms with Gasteiger partial charge in [-0.2, -0.15) is 0 Å². The molecule has 0 radical (unpaired) electrons. The summed E-state index contributed by atoms with van der Waals surface area (Å²) in [7, 11) is 0. The lowest BCUT2D eigenvalue weighted by Gasteiger charge is -2.20. The van der Waals surface area contributed by atoms with Crippen LogP contribution in [0.4, 0.5) is 5.69 Å². The fraction of sp³-hybridized carbons (Fsp3) is 0.286. The van der Waals surface area contributed by atoms with Crippen LogP contribution >= 0.6 is 0 Å². The summed E-state index contributed by atoms with van der Waals surface area (Å²) in [6.45, 7) is 3.82. The van der Waals surface area contributed by atoms with E-state index >= 15 is 0 Å². The van der Waals surface area contributed by atoms with E-state index in [0.29, 0.717) is 5.65 Å². The molecule has 0 saturated heterocycles. The number of hydrogen-bond acceptors (Lipinski definition) is 6. The Morgan fingerprint density at radius 3 is 2.68 bits per heavy atom. The van der Waals surface area contributed by atoms with Crippen LogP contribution in [0.15, 0.2) is 30.9 Å². The number of benzene rings is 1. The van der Waals surface area contributed by atoms with E-state index in [1.807, 2.05) is 20.0 Å². The second-order valence-electron chi connectivity index (χ2n) is 7.30. The summed E-state index contributed by atoms with van der Waals surface area (Å²) >= 11 is 0. The van der Waals surface area contributed by atoms with Gasteiger partial charge >= 0.3 is 11.9 Å². The van der Waals surface area contributed by atoms with Gasteiger partial charge < -0.3 is 26.2 Å². The highest BCUT2D eigenvalue weighted by Gasteiger charge is 2.25. The number of anilines is 1. The van der Waals surface area contributed by atoms with Gasteiger partial charge in [0.15, 0.2) is 0 Å². The molecule has 6 N–H and O–H groups in total. The number of carbonyl (C=O) groups excluding carboxylic acids is 1. The number of nitrogen functional groups attached to an aromatic ring is 1. The lowest BCUT2D eigenvalue weighted by atomic mass is 9.87. The molecule has 0 spiro atoms. The number of nitrogens with two attached hydrogens (primary N) is 1. The van der Waals surface area contributed by atoms with E-state index in [1.165, 1.54) is 12.4 Å². The molecule has 2 atom stereocenters. The van der Waals surface area contributed by atoms with Gasteiger partial charge in [0.2, 0.25) is 0 Å². The summed E-state index contributed by atoms with van der Waals surface area (Å²) in [5, 5.41) is 21.3. The number of aryl methyl sites for hydroxylation is 1. The molecular weight excluding hydrogens is 402 g/mol. The number of carboxylic acid groups (broad SMARTS) is 2. The molecule has 0 bridgehead atoms. The first-order valence-corrected chi connectivity index (χ1v) is 9.62. The number of H-pyrrole nitrogens is 1. The normalized spacial score (nSPS) is 13.0. The summed E-state index contributed by atoms with van der Waals surface area (Å²) in [5.74, 6) is -3.33. The quantitative estimate of drug-likeness (QED) is 0.341. The van der Waals surface area contributed by atoms with Crippen molar-refractivity contribution in [1.82, 2.24) is 20.3 Å². The van der Waals surface area contributed by atoms with Gasteiger partial charge in [0.25, 0.3) is 5.91 Å². The second-order valence-corrected chi connectivity index (χ2v) is 7.30. The number of carboxylic acids is 2. The van der Waals surface area contributed by atoms with Crippen LogP contribution in [0.2, 0.25) is 0 Å². The summed E-state index contributed by atoms with van der Waals surface area (Å²) in [6, 6.07) is 1.94. The predicted molar refractivity (Wildman–Crippen MR) is 113 cm³/mol. The van der Waals surface area contributed by atoms with Crippen LogP contribution in [0.5, 0.6) is 0 Å². The molecule has 0 aliphatic heterocycles. The first-order chi connectivity index (χ1) is 14.7. The highest BCUT2D eigenvalue weighted by atomic mass is 16.4. The fourth-order valence-electron chi connectivity index (χ4n) is 3.67. The van der Waals surface area contributed by atoms with E-state index in [4.69, 9.17) is 10.8 Å². The SMILES string of the molecule is Cc1ccc(C(=O)N[C@@H](CCC(=O)O)C(=O)O)c(N)c1C(C)c1c[nH]c2ncncc12. The first-order valence-electron chi connectivity index (χ1n) is 9.62. The summed E-state index contributed by atoms with van der Waals surface area (Å²) in [6.07, 6.45) is 4.35. The number of nitrogens with one attached hydrogen (secondary N) is 2. The number of aromatic amines is 1. The zero-order valence-electron chi connectivity index (χ0n) is 17.0. The van der Waals surface area contributed by atoms with Gasteiger partial charge in [0.1, 0.15) is 18.0 Å². The first kappa shape index (κ1) is 21.8. The third kappa shape index (κ3) is 4.47. The Morgan fingerprint density at radius 1 is 1.26 bits per heavy atom. The third-order valence-corrected chi connectivity index (χ3v) is 5.29. The van der Waals surface area contributed by atoms with Gasteiger partial charge in [-0.1, -0.05) is 13.0 Å². The molecule has 0 saturated carbocycles. The third-order valence-electron chi connectivity index (χ3n) is 5.29. The molecular formula is C21H23N5O5. The Labute approximate surface area is 177 Å². The van der Waals surface area contributed by atoms with Crippen LogP contribution in [0, 0.1) is 6.92 Å². The molecule has 0 fully saturated rings. The number of carbonyl (C=O) groups is 3. The van der Waals surface area contributed by atoms with Gasteiger partial charge in [0.05, 0.1) is 5.56 Å². The van der Waals surface area contributed by atoms with Gasteiger partial charge in [-0.25, -0.2) is 14.8 Å². The van der Waals surface area contributed by atoms with E-state index in [1.54, 1.807) is 12.3 Å². The lowest BCUT2D eigenvalue weighted by molar-refractivity contribution is -0.140. The maximum absolute atomic E-state index is 12.8. The van der Waals surface area contributed by atoms with Crippen molar-refractivity contribution in [3.63, 3.8) is 0 Å². The smallest absolute Gasteiger partial charge is 0.326 e. The maximum atomic E-state index is 12.8. The van der Waals surface area contributed by atoms with Gasteiger partial charge in [-0.3, -0.25) is 9.59 Å². The van der Waals surface area contributed by atoms with E-state index < -0.39 is 23.9 Å². The number of fused-ring (bicyclic) bond motifs is 1. The molecule has 3 aromatic rings. The van der Waals surface area contributed by atoms with Crippen LogP contribution in [-0.4, -0.2) is 49.1 Å². The van der Waals surface area contributed by atoms with Crippen molar-refractivity contribution >= 4 is 34.6 Å². The molecule has 1 unspecified atom stereocenters. The number of aromatic nitrogens is 3. The molecule has 10 nitrogen and oxygen atoms in total. The van der Waals surface area contributed by atoms with Crippen molar-refractivity contribution in [2.75, 3.05) is 5.73 Å². The zero-order chi connectivity index (χ0) is 22.7. The Bertz CT molecular complexity index is 1160. The number of rotatable bonds is 8. The Morgan fingerprint density at radius 2 is 2.00 bits per heavy atom. The summed E-state index contributed by atoms with van der Waals surface area (Å²) in [5.41, 5.74) is 9.93. The maximum Gasteiger partial charge on any atom is 0.326 e. The molecule has 2 aromatic heterocycles. The predicted octanol–water partition coefficient (Wildman–Crippen LogP) is 2.05. The monoisotopic (exact) mass is 425 g/mol. The minimum Gasteiger partial charge on any atom is -0.481 e. The zero-order valence-corrected chi connectivity index (χ0v) is 17.0. The molecule has 1 amide bonds. The largest absolute Gasteiger partial charge is 0.481 e. The summed E-state index contributed by atoms with van der Waals surface area (Å²) < 4.78 is 0. The highest BCUT2D eigenvalue weighted by molar-refractivity contribution is 6.02. The average Bonchev–Trinajstić information content (AvgIpc) is 3.14. The number of aliphatic carboxylic acids is 2. The molecule has 1 aromatic carbocycles.